The molecule has 0 aromatic heterocycles. The van der Waals surface area contributed by atoms with E-state index in [0.717, 1.165) is 35.5 Å². The third-order valence-corrected chi connectivity index (χ3v) is 4.30. The minimum atomic E-state index is -0.0523. The molecule has 0 unspecified atom stereocenters. The molecule has 4 heteroatoms. The van der Waals surface area contributed by atoms with Crippen molar-refractivity contribution in [2.24, 2.45) is 0 Å². The first kappa shape index (κ1) is 14.0. The molecule has 0 bridgehead atoms. The summed E-state index contributed by atoms with van der Waals surface area (Å²) in [7, 11) is 0. The first-order valence-electron chi connectivity index (χ1n) is 7.77. The highest BCUT2D eigenvalue weighted by atomic mass is 16.5. The van der Waals surface area contributed by atoms with E-state index in [1.807, 2.05) is 30.0 Å². The fourth-order valence-corrected chi connectivity index (χ4v) is 3.28. The van der Waals surface area contributed by atoms with Gasteiger partial charge in [0, 0.05) is 17.3 Å². The normalized spacial score (nSPS) is 19.2. The number of anilines is 1. The number of fused-ring (bicyclic) bond motifs is 1. The van der Waals surface area contributed by atoms with Crippen molar-refractivity contribution in [2.75, 3.05) is 11.9 Å². The van der Waals surface area contributed by atoms with Crippen molar-refractivity contribution in [1.29, 1.82) is 0 Å². The van der Waals surface area contributed by atoms with Crippen molar-refractivity contribution in [3.05, 3.63) is 30.3 Å². The molecule has 1 N–H and O–H groups in total. The van der Waals surface area contributed by atoms with E-state index in [2.05, 4.69) is 11.9 Å². The van der Waals surface area contributed by atoms with E-state index in [4.69, 9.17) is 4.74 Å². The molecule has 1 aliphatic heterocycles. The van der Waals surface area contributed by atoms with Crippen LogP contribution < -0.4 is 10.1 Å². The maximum absolute atomic E-state index is 12.4. The molecule has 3 rings (SSSR count). The van der Waals surface area contributed by atoms with Crippen LogP contribution in [-0.4, -0.2) is 23.6 Å². The van der Waals surface area contributed by atoms with Crippen LogP contribution in [0, 0.1) is 0 Å². The number of urea groups is 1. The van der Waals surface area contributed by atoms with E-state index < -0.39 is 0 Å². The van der Waals surface area contributed by atoms with Gasteiger partial charge in [-0.1, -0.05) is 25.8 Å². The van der Waals surface area contributed by atoms with Gasteiger partial charge >= 0.3 is 6.03 Å². The van der Waals surface area contributed by atoms with Crippen molar-refractivity contribution in [2.45, 2.75) is 45.1 Å². The summed E-state index contributed by atoms with van der Waals surface area (Å²) >= 11 is 0. The lowest BCUT2D eigenvalue weighted by atomic mass is 9.92. The summed E-state index contributed by atoms with van der Waals surface area (Å²) in [5.74, 6) is 0.817. The number of nitrogens with one attached hydrogen (secondary N) is 1. The zero-order valence-corrected chi connectivity index (χ0v) is 12.5. The first-order chi connectivity index (χ1) is 10.2. The van der Waals surface area contributed by atoms with Crippen molar-refractivity contribution in [1.82, 2.24) is 4.90 Å². The lowest BCUT2D eigenvalue weighted by Crippen LogP contribution is -2.44. The third kappa shape index (κ3) is 2.62. The van der Waals surface area contributed by atoms with Crippen molar-refractivity contribution in [3.8, 4) is 5.75 Å². The Morgan fingerprint density at radius 3 is 2.81 bits per heavy atom. The molecule has 0 saturated heterocycles. The Balaban J connectivity index is 1.90. The molecule has 1 heterocycles. The fraction of sp³-hybridized carbons (Fsp3) is 0.471. The van der Waals surface area contributed by atoms with Crippen molar-refractivity contribution < 1.29 is 9.53 Å². The van der Waals surface area contributed by atoms with Crippen LogP contribution in [0.4, 0.5) is 10.5 Å². The topological polar surface area (TPSA) is 41.6 Å². The Bertz CT molecular complexity index is 562. The van der Waals surface area contributed by atoms with Gasteiger partial charge in [0.25, 0.3) is 0 Å². The van der Waals surface area contributed by atoms with Gasteiger partial charge in [0.15, 0.2) is 0 Å². The molecule has 0 radical (unpaired) electrons. The molecule has 0 spiro atoms. The molecule has 1 aliphatic carbocycles. The number of carbonyl (C=O) groups excluding carboxylic acids is 1. The standard InChI is InChI=1S/C17H22N2O2/c1-3-21-14-9-10-16-15(11-14)12(2)19(17(20)18-16)13-7-5-4-6-8-13/h9-11,13H,2-8H2,1H3,(H,18,20). The summed E-state index contributed by atoms with van der Waals surface area (Å²) in [4.78, 5) is 14.2. The molecule has 1 aromatic carbocycles. The van der Waals surface area contributed by atoms with Crippen LogP contribution in [0.25, 0.3) is 5.70 Å². The third-order valence-electron chi connectivity index (χ3n) is 4.30. The molecule has 2 amide bonds. The number of amides is 2. The quantitative estimate of drug-likeness (QED) is 0.903. The van der Waals surface area contributed by atoms with Gasteiger partial charge in [0.05, 0.1) is 12.3 Å². The molecule has 21 heavy (non-hydrogen) atoms. The van der Waals surface area contributed by atoms with Gasteiger partial charge in [0.2, 0.25) is 0 Å². The predicted molar refractivity (Wildman–Crippen MR) is 84.4 cm³/mol. The summed E-state index contributed by atoms with van der Waals surface area (Å²) in [6.07, 6.45) is 5.77. The Morgan fingerprint density at radius 1 is 1.33 bits per heavy atom. The number of ether oxygens (including phenoxy) is 1. The average Bonchev–Trinajstić information content (AvgIpc) is 2.49. The van der Waals surface area contributed by atoms with Crippen molar-refractivity contribution >= 4 is 17.4 Å². The first-order valence-corrected chi connectivity index (χ1v) is 7.77. The zero-order chi connectivity index (χ0) is 14.8. The average molecular weight is 286 g/mol. The molecule has 1 aromatic rings. The van der Waals surface area contributed by atoms with Crippen molar-refractivity contribution in [3.63, 3.8) is 0 Å². The molecule has 1 saturated carbocycles. The second-order valence-electron chi connectivity index (χ2n) is 5.68. The Labute approximate surface area is 125 Å². The highest BCUT2D eigenvalue weighted by Crippen LogP contribution is 2.37. The van der Waals surface area contributed by atoms with Gasteiger partial charge in [-0.05, 0) is 38.0 Å². The van der Waals surface area contributed by atoms with E-state index in [9.17, 15) is 4.79 Å². The van der Waals surface area contributed by atoms with E-state index in [-0.39, 0.29) is 12.1 Å². The van der Waals surface area contributed by atoms with Crippen LogP contribution in [0.3, 0.4) is 0 Å². The summed E-state index contributed by atoms with van der Waals surface area (Å²) < 4.78 is 5.56. The molecule has 1 fully saturated rings. The Kier molecular flexibility index (Phi) is 3.86. The molecule has 4 nitrogen and oxygen atoms in total. The van der Waals surface area contributed by atoms with E-state index in [0.29, 0.717) is 6.61 Å². The Morgan fingerprint density at radius 2 is 2.10 bits per heavy atom. The number of benzene rings is 1. The Hall–Kier alpha value is -1.97. The van der Waals surface area contributed by atoms with Gasteiger partial charge in [0.1, 0.15) is 5.75 Å². The monoisotopic (exact) mass is 286 g/mol. The van der Waals surface area contributed by atoms with Gasteiger partial charge in [-0.3, -0.25) is 4.90 Å². The van der Waals surface area contributed by atoms with Crippen LogP contribution in [0.1, 0.15) is 44.6 Å². The second-order valence-corrected chi connectivity index (χ2v) is 5.68. The molecule has 0 atom stereocenters. The lowest BCUT2D eigenvalue weighted by molar-refractivity contribution is 0.202. The zero-order valence-electron chi connectivity index (χ0n) is 12.5. The second kappa shape index (κ2) is 5.80. The maximum atomic E-state index is 12.4. The van der Waals surface area contributed by atoms with Crippen LogP contribution in [0.2, 0.25) is 0 Å². The highest BCUT2D eigenvalue weighted by Gasteiger charge is 2.32. The van der Waals surface area contributed by atoms with Crippen LogP contribution in [0.15, 0.2) is 24.8 Å². The van der Waals surface area contributed by atoms with Gasteiger partial charge in [-0.25, -0.2) is 4.79 Å². The smallest absolute Gasteiger partial charge is 0.326 e. The molecule has 2 aliphatic rings. The fourth-order valence-electron chi connectivity index (χ4n) is 3.28. The molecule has 112 valence electrons. The number of hydrogen-bond acceptors (Lipinski definition) is 2. The summed E-state index contributed by atoms with van der Waals surface area (Å²) in [5.41, 5.74) is 2.58. The molecular formula is C17H22N2O2. The predicted octanol–water partition coefficient (Wildman–Crippen LogP) is 4.24. The maximum Gasteiger partial charge on any atom is 0.326 e. The SMILES string of the molecule is C=C1c2cc(OCC)ccc2NC(=O)N1C1CCCCC1. The summed E-state index contributed by atoms with van der Waals surface area (Å²) in [6.45, 7) is 6.76. The minimum Gasteiger partial charge on any atom is -0.494 e. The number of rotatable bonds is 3. The largest absolute Gasteiger partial charge is 0.494 e. The highest BCUT2D eigenvalue weighted by molar-refractivity contribution is 6.02. The van der Waals surface area contributed by atoms with Gasteiger partial charge in [-0.2, -0.15) is 0 Å². The minimum absolute atomic E-state index is 0.0523. The van der Waals surface area contributed by atoms with E-state index >= 15 is 0 Å². The van der Waals surface area contributed by atoms with E-state index in [1.54, 1.807) is 0 Å². The number of nitrogens with zero attached hydrogens (tertiary/aromatic N) is 1. The summed E-state index contributed by atoms with van der Waals surface area (Å²) in [6, 6.07) is 5.96. The lowest BCUT2D eigenvalue weighted by Gasteiger charge is -2.39. The van der Waals surface area contributed by atoms with Crippen LogP contribution in [-0.2, 0) is 0 Å². The number of carbonyl (C=O) groups is 1. The van der Waals surface area contributed by atoms with Crippen LogP contribution >= 0.6 is 0 Å². The molecular weight excluding hydrogens is 264 g/mol. The number of hydrogen-bond donors (Lipinski definition) is 1. The van der Waals surface area contributed by atoms with Gasteiger partial charge in [-0.15, -0.1) is 0 Å². The summed E-state index contributed by atoms with van der Waals surface area (Å²) in [5, 5.41) is 2.98. The van der Waals surface area contributed by atoms with Crippen LogP contribution in [0.5, 0.6) is 5.75 Å². The van der Waals surface area contributed by atoms with E-state index in [1.165, 1.54) is 19.3 Å². The van der Waals surface area contributed by atoms with Gasteiger partial charge < -0.3 is 10.1 Å².